The first-order valence-corrected chi connectivity index (χ1v) is 11.6. The Morgan fingerprint density at radius 2 is 1.80 bits per heavy atom. The Balaban J connectivity index is 1.60. The number of nitrogens with one attached hydrogen (secondary N) is 2. The minimum atomic E-state index is -3.39. The third kappa shape index (κ3) is 3.44. The summed E-state index contributed by atoms with van der Waals surface area (Å²) in [6.45, 7) is 3.20. The van der Waals surface area contributed by atoms with Gasteiger partial charge in [0, 0.05) is 18.0 Å². The molecule has 1 aromatic carbocycles. The molecule has 4 rings (SSSR count). The highest BCUT2D eigenvalue weighted by molar-refractivity contribution is 7.97. The first kappa shape index (κ1) is 17.6. The van der Waals surface area contributed by atoms with E-state index in [4.69, 9.17) is 0 Å². The molecule has 0 amide bonds. The maximum atomic E-state index is 13.0. The fourth-order valence-electron chi connectivity index (χ4n) is 4.22. The van der Waals surface area contributed by atoms with Crippen molar-refractivity contribution in [1.82, 2.24) is 9.03 Å². The van der Waals surface area contributed by atoms with Gasteiger partial charge in [0.1, 0.15) is 0 Å². The number of sulfonamides is 1. The zero-order valence-corrected chi connectivity index (χ0v) is 16.4. The molecule has 2 N–H and O–H groups in total. The highest BCUT2D eigenvalue weighted by Gasteiger charge is 2.32. The van der Waals surface area contributed by atoms with Crippen molar-refractivity contribution in [2.75, 3.05) is 18.4 Å². The summed E-state index contributed by atoms with van der Waals surface area (Å²) in [5.41, 5.74) is 1.90. The van der Waals surface area contributed by atoms with E-state index in [-0.39, 0.29) is 6.17 Å². The third-order valence-corrected chi connectivity index (χ3v) is 8.66. The fraction of sp³-hybridized carbons (Fsp3) is 0.667. The number of fused-ring (bicyclic) bond motifs is 1. The summed E-state index contributed by atoms with van der Waals surface area (Å²) in [5.74, 6) is 0.665. The average molecular weight is 382 g/mol. The van der Waals surface area contributed by atoms with Crippen molar-refractivity contribution in [1.29, 1.82) is 0 Å². The predicted octanol–water partition coefficient (Wildman–Crippen LogP) is 3.71. The molecule has 7 heteroatoms. The van der Waals surface area contributed by atoms with Gasteiger partial charge in [-0.25, -0.2) is 13.1 Å². The van der Waals surface area contributed by atoms with E-state index in [1.54, 1.807) is 16.3 Å². The van der Waals surface area contributed by atoms with Crippen LogP contribution in [0.3, 0.4) is 0 Å². The number of nitrogens with zero attached hydrogens (tertiary/aromatic N) is 1. The van der Waals surface area contributed by atoms with Gasteiger partial charge >= 0.3 is 0 Å². The first-order valence-electron chi connectivity index (χ1n) is 9.39. The van der Waals surface area contributed by atoms with E-state index in [2.05, 4.69) is 10.0 Å². The minimum absolute atomic E-state index is 0.281. The number of anilines is 1. The van der Waals surface area contributed by atoms with Crippen LogP contribution in [0.1, 0.15) is 50.5 Å². The summed E-state index contributed by atoms with van der Waals surface area (Å²) < 4.78 is 31.2. The van der Waals surface area contributed by atoms with Gasteiger partial charge in [-0.3, -0.25) is 0 Å². The Morgan fingerprint density at radius 1 is 1.08 bits per heavy atom. The zero-order chi connectivity index (χ0) is 17.4. The molecule has 1 saturated carbocycles. The molecule has 5 nitrogen and oxygen atoms in total. The van der Waals surface area contributed by atoms with Crippen molar-refractivity contribution < 1.29 is 8.42 Å². The maximum absolute atomic E-state index is 13.0. The van der Waals surface area contributed by atoms with Gasteiger partial charge in [0.15, 0.2) is 0 Å². The van der Waals surface area contributed by atoms with Gasteiger partial charge in [0.2, 0.25) is 10.0 Å². The molecule has 0 bridgehead atoms. The number of aryl methyl sites for hydroxylation is 1. The SMILES string of the molecule is Cc1cc2c(cc1S(=O)(=O)N1CCCCC1)SNC(C1CCCC1)N2. The van der Waals surface area contributed by atoms with Crippen LogP contribution in [-0.2, 0) is 10.0 Å². The van der Waals surface area contributed by atoms with Crippen LogP contribution in [0.15, 0.2) is 21.9 Å². The van der Waals surface area contributed by atoms with Crippen molar-refractivity contribution in [2.45, 2.75) is 67.8 Å². The molecule has 3 aliphatic rings. The highest BCUT2D eigenvalue weighted by Crippen LogP contribution is 2.39. The van der Waals surface area contributed by atoms with E-state index in [1.807, 2.05) is 19.1 Å². The van der Waals surface area contributed by atoms with Crippen molar-refractivity contribution in [3.05, 3.63) is 17.7 Å². The van der Waals surface area contributed by atoms with Crippen LogP contribution in [0.2, 0.25) is 0 Å². The number of benzene rings is 1. The molecule has 2 heterocycles. The van der Waals surface area contributed by atoms with Gasteiger partial charge < -0.3 is 5.32 Å². The third-order valence-electron chi connectivity index (χ3n) is 5.69. The lowest BCUT2D eigenvalue weighted by Gasteiger charge is -2.33. The monoisotopic (exact) mass is 381 g/mol. The van der Waals surface area contributed by atoms with Gasteiger partial charge in [-0.15, -0.1) is 0 Å². The predicted molar refractivity (Wildman–Crippen MR) is 102 cm³/mol. The molecule has 0 radical (unpaired) electrons. The standard InChI is InChI=1S/C18H27N3O2S2/c1-13-11-15-16(24-20-18(19-15)14-7-3-4-8-14)12-17(13)25(22,23)21-9-5-2-6-10-21/h11-12,14,18-20H,2-10H2,1H3. The summed E-state index contributed by atoms with van der Waals surface area (Å²) in [5, 5.41) is 3.60. The molecule has 25 heavy (non-hydrogen) atoms. The van der Waals surface area contributed by atoms with Crippen molar-refractivity contribution in [3.63, 3.8) is 0 Å². The van der Waals surface area contributed by atoms with Crippen LogP contribution >= 0.6 is 11.9 Å². The average Bonchev–Trinajstić information content (AvgIpc) is 3.16. The molecule has 2 fully saturated rings. The largest absolute Gasteiger partial charge is 0.368 e. The quantitative estimate of drug-likeness (QED) is 0.782. The molecule has 138 valence electrons. The van der Waals surface area contributed by atoms with Gasteiger partial charge in [-0.05, 0) is 68.2 Å². The van der Waals surface area contributed by atoms with E-state index in [9.17, 15) is 8.42 Å². The van der Waals surface area contributed by atoms with Gasteiger partial charge in [-0.1, -0.05) is 19.3 Å². The van der Waals surface area contributed by atoms with Crippen molar-refractivity contribution in [2.24, 2.45) is 5.92 Å². The van der Waals surface area contributed by atoms with Gasteiger partial charge in [0.25, 0.3) is 0 Å². The topological polar surface area (TPSA) is 61.4 Å². The van der Waals surface area contributed by atoms with Gasteiger partial charge in [-0.2, -0.15) is 4.31 Å². The molecule has 1 saturated heterocycles. The molecular weight excluding hydrogens is 354 g/mol. The Bertz CT molecular complexity index is 739. The fourth-order valence-corrected chi connectivity index (χ4v) is 6.95. The first-order chi connectivity index (χ1) is 12.1. The number of hydrogen-bond acceptors (Lipinski definition) is 5. The van der Waals surface area contributed by atoms with E-state index in [1.165, 1.54) is 25.7 Å². The van der Waals surface area contributed by atoms with Crippen LogP contribution in [0.4, 0.5) is 5.69 Å². The Labute approximate surface area is 155 Å². The lowest BCUT2D eigenvalue weighted by atomic mass is 10.0. The van der Waals surface area contributed by atoms with Crippen LogP contribution in [0, 0.1) is 12.8 Å². The molecule has 2 aliphatic heterocycles. The van der Waals surface area contributed by atoms with E-state index >= 15 is 0 Å². The molecule has 1 atom stereocenters. The second kappa shape index (κ2) is 7.10. The molecular formula is C18H27N3O2S2. The second-order valence-corrected chi connectivity index (χ2v) is 10.3. The summed E-state index contributed by atoms with van der Waals surface area (Å²) in [6.07, 6.45) is 8.49. The van der Waals surface area contributed by atoms with Crippen LogP contribution in [0.5, 0.6) is 0 Å². The van der Waals surface area contributed by atoms with E-state index in [0.717, 1.165) is 35.4 Å². The lowest BCUT2D eigenvalue weighted by Crippen LogP contribution is -2.41. The zero-order valence-electron chi connectivity index (χ0n) is 14.8. The van der Waals surface area contributed by atoms with Crippen LogP contribution in [0.25, 0.3) is 0 Å². The number of rotatable bonds is 3. The number of piperidine rings is 1. The minimum Gasteiger partial charge on any atom is -0.368 e. The van der Waals surface area contributed by atoms with Crippen LogP contribution < -0.4 is 10.0 Å². The van der Waals surface area contributed by atoms with E-state index in [0.29, 0.717) is 23.9 Å². The van der Waals surface area contributed by atoms with Crippen molar-refractivity contribution >= 4 is 27.7 Å². The molecule has 0 aromatic heterocycles. The summed E-state index contributed by atoms with van der Waals surface area (Å²) >= 11 is 1.57. The second-order valence-electron chi connectivity index (χ2n) is 7.47. The Morgan fingerprint density at radius 3 is 2.52 bits per heavy atom. The number of hydrogen-bond donors (Lipinski definition) is 2. The molecule has 0 spiro atoms. The molecule has 1 aromatic rings. The molecule has 1 unspecified atom stereocenters. The van der Waals surface area contributed by atoms with E-state index < -0.39 is 10.0 Å². The Kier molecular flexibility index (Phi) is 5.01. The summed E-state index contributed by atoms with van der Waals surface area (Å²) in [4.78, 5) is 1.44. The maximum Gasteiger partial charge on any atom is 0.243 e. The summed E-state index contributed by atoms with van der Waals surface area (Å²) in [6, 6.07) is 3.87. The lowest BCUT2D eigenvalue weighted by molar-refractivity contribution is 0.346. The van der Waals surface area contributed by atoms with Crippen molar-refractivity contribution in [3.8, 4) is 0 Å². The summed E-state index contributed by atoms with van der Waals surface area (Å²) in [7, 11) is -3.39. The van der Waals surface area contributed by atoms with Crippen LogP contribution in [-0.4, -0.2) is 32.0 Å². The van der Waals surface area contributed by atoms with Gasteiger partial charge in [0.05, 0.1) is 16.7 Å². The normalized spacial score (nSPS) is 25.6. The Hall–Kier alpha value is -0.760. The molecule has 1 aliphatic carbocycles. The highest BCUT2D eigenvalue weighted by atomic mass is 32.2. The smallest absolute Gasteiger partial charge is 0.243 e.